The summed E-state index contributed by atoms with van der Waals surface area (Å²) in [7, 11) is 4.04. The molecular weight excluding hydrogens is 334 g/mol. The van der Waals surface area contributed by atoms with Crippen LogP contribution in [0, 0.1) is 0 Å². The van der Waals surface area contributed by atoms with Gasteiger partial charge in [0.15, 0.2) is 5.96 Å². The molecule has 1 aromatic rings. The van der Waals surface area contributed by atoms with Crippen LogP contribution in [-0.4, -0.2) is 75.2 Å². The Labute approximate surface area is 166 Å². The third-order valence-corrected chi connectivity index (χ3v) is 5.48. The first kappa shape index (κ1) is 21.7. The Hall–Kier alpha value is -1.59. The minimum Gasteiger partial charge on any atom is -0.356 e. The van der Waals surface area contributed by atoms with E-state index in [0.29, 0.717) is 6.04 Å². The van der Waals surface area contributed by atoms with Crippen molar-refractivity contribution >= 4 is 5.96 Å². The van der Waals surface area contributed by atoms with Gasteiger partial charge in [-0.15, -0.1) is 0 Å². The summed E-state index contributed by atoms with van der Waals surface area (Å²) < 4.78 is 0. The van der Waals surface area contributed by atoms with Crippen LogP contribution in [0.25, 0.3) is 0 Å². The Balaban J connectivity index is 1.71. The maximum Gasteiger partial charge on any atom is 0.191 e. The zero-order valence-electron chi connectivity index (χ0n) is 18.2. The molecule has 2 rings (SSSR count). The van der Waals surface area contributed by atoms with Crippen LogP contribution in [0.1, 0.15) is 38.8 Å². The van der Waals surface area contributed by atoms with E-state index < -0.39 is 0 Å². The van der Waals surface area contributed by atoms with E-state index in [0.717, 1.165) is 51.6 Å². The maximum atomic E-state index is 4.36. The molecular formula is C22H39N5. The lowest BCUT2D eigenvalue weighted by atomic mass is 9.86. The van der Waals surface area contributed by atoms with Crippen molar-refractivity contribution in [3.8, 4) is 0 Å². The van der Waals surface area contributed by atoms with Crippen LogP contribution in [0.15, 0.2) is 29.3 Å². The average Bonchev–Trinajstić information content (AvgIpc) is 2.64. The van der Waals surface area contributed by atoms with E-state index in [9.17, 15) is 0 Å². The van der Waals surface area contributed by atoms with Gasteiger partial charge in [0.05, 0.1) is 0 Å². The molecule has 5 nitrogen and oxygen atoms in total. The minimum absolute atomic E-state index is 0.212. The van der Waals surface area contributed by atoms with Gasteiger partial charge in [-0.25, -0.2) is 0 Å². The Morgan fingerprint density at radius 2 is 1.70 bits per heavy atom. The normalized spacial score (nSPS) is 18.4. The molecule has 0 aromatic heterocycles. The number of nitrogens with zero attached hydrogens (tertiary/aromatic N) is 3. The smallest absolute Gasteiger partial charge is 0.191 e. The first-order valence-electron chi connectivity index (χ1n) is 10.3. The average molecular weight is 374 g/mol. The predicted molar refractivity (Wildman–Crippen MR) is 117 cm³/mol. The summed E-state index contributed by atoms with van der Waals surface area (Å²) in [5.41, 5.74) is 2.95. The molecule has 0 amide bonds. The lowest BCUT2D eigenvalue weighted by Gasteiger charge is -2.36. The van der Waals surface area contributed by atoms with Gasteiger partial charge in [0, 0.05) is 52.4 Å². The maximum absolute atomic E-state index is 4.36. The predicted octanol–water partition coefficient (Wildman–Crippen LogP) is 2.33. The number of aliphatic imine (C=N–C) groups is 1. The van der Waals surface area contributed by atoms with E-state index >= 15 is 0 Å². The molecule has 1 atom stereocenters. The number of rotatable bonds is 6. The molecule has 1 saturated heterocycles. The van der Waals surface area contributed by atoms with Gasteiger partial charge in [-0.05, 0) is 36.9 Å². The highest BCUT2D eigenvalue weighted by atomic mass is 15.3. The highest BCUT2D eigenvalue weighted by Crippen LogP contribution is 2.22. The monoisotopic (exact) mass is 373 g/mol. The van der Waals surface area contributed by atoms with Crippen molar-refractivity contribution in [3.05, 3.63) is 35.4 Å². The van der Waals surface area contributed by atoms with Crippen LogP contribution in [-0.2, 0) is 11.8 Å². The van der Waals surface area contributed by atoms with E-state index in [4.69, 9.17) is 0 Å². The van der Waals surface area contributed by atoms with Crippen LogP contribution in [0.2, 0.25) is 0 Å². The lowest BCUT2D eigenvalue weighted by molar-refractivity contribution is 0.120. The molecule has 1 unspecified atom stereocenters. The highest BCUT2D eigenvalue weighted by Gasteiger charge is 2.19. The first-order valence-corrected chi connectivity index (χ1v) is 10.3. The molecule has 0 radical (unpaired) electrons. The fourth-order valence-electron chi connectivity index (χ4n) is 3.35. The molecule has 5 heteroatoms. The van der Waals surface area contributed by atoms with Gasteiger partial charge in [0.2, 0.25) is 0 Å². The zero-order chi connectivity index (χ0) is 19.9. The fourth-order valence-corrected chi connectivity index (χ4v) is 3.35. The molecule has 0 aliphatic carbocycles. The summed E-state index contributed by atoms with van der Waals surface area (Å²) in [6.45, 7) is 15.5. The highest BCUT2D eigenvalue weighted by molar-refractivity contribution is 5.79. The van der Waals surface area contributed by atoms with Gasteiger partial charge in [-0.3, -0.25) is 9.89 Å². The number of hydrogen-bond acceptors (Lipinski definition) is 3. The standard InChI is InChI=1S/C22H39N5/c1-18(27-15-13-26(6)14-16-27)17-25-21(23-5)24-12-11-19-7-9-20(10-8-19)22(2,3)4/h7-10,18H,11-17H2,1-6H3,(H2,23,24,25). The molecule has 0 saturated carbocycles. The quantitative estimate of drug-likeness (QED) is 0.593. The van der Waals surface area contributed by atoms with Crippen LogP contribution in [0.5, 0.6) is 0 Å². The second kappa shape index (κ2) is 10.1. The van der Waals surface area contributed by atoms with Crippen molar-refractivity contribution in [3.63, 3.8) is 0 Å². The first-order chi connectivity index (χ1) is 12.8. The topological polar surface area (TPSA) is 42.9 Å². The van der Waals surface area contributed by atoms with E-state index in [1.165, 1.54) is 11.1 Å². The number of likely N-dealkylation sites (N-methyl/N-ethyl adjacent to an activating group) is 1. The Bertz CT molecular complexity index is 580. The molecule has 152 valence electrons. The molecule has 0 bridgehead atoms. The molecule has 1 heterocycles. The third kappa shape index (κ3) is 7.15. The zero-order valence-corrected chi connectivity index (χ0v) is 18.2. The van der Waals surface area contributed by atoms with E-state index in [1.807, 2.05) is 7.05 Å². The lowest BCUT2D eigenvalue weighted by Crippen LogP contribution is -2.52. The molecule has 27 heavy (non-hydrogen) atoms. The van der Waals surface area contributed by atoms with Crippen molar-refractivity contribution in [2.75, 3.05) is 53.4 Å². The number of guanidine groups is 1. The van der Waals surface area contributed by atoms with Crippen molar-refractivity contribution in [1.29, 1.82) is 0 Å². The van der Waals surface area contributed by atoms with Crippen molar-refractivity contribution < 1.29 is 0 Å². The van der Waals surface area contributed by atoms with Gasteiger partial charge in [0.25, 0.3) is 0 Å². The molecule has 1 fully saturated rings. The van der Waals surface area contributed by atoms with Gasteiger partial charge < -0.3 is 15.5 Å². The summed E-state index contributed by atoms with van der Waals surface area (Å²) >= 11 is 0. The van der Waals surface area contributed by atoms with Crippen LogP contribution < -0.4 is 10.6 Å². The van der Waals surface area contributed by atoms with Gasteiger partial charge >= 0.3 is 0 Å². The van der Waals surface area contributed by atoms with Crippen molar-refractivity contribution in [1.82, 2.24) is 20.4 Å². The number of benzene rings is 1. The second-order valence-electron chi connectivity index (χ2n) is 8.77. The number of piperazine rings is 1. The molecule has 1 aromatic carbocycles. The van der Waals surface area contributed by atoms with E-state index in [-0.39, 0.29) is 5.41 Å². The summed E-state index contributed by atoms with van der Waals surface area (Å²) in [4.78, 5) is 9.31. The summed E-state index contributed by atoms with van der Waals surface area (Å²) in [5.74, 6) is 0.891. The van der Waals surface area contributed by atoms with Crippen LogP contribution in [0.3, 0.4) is 0 Å². The summed E-state index contributed by atoms with van der Waals surface area (Å²) in [5, 5.41) is 6.92. The van der Waals surface area contributed by atoms with Crippen molar-refractivity contribution in [2.24, 2.45) is 4.99 Å². The molecule has 0 spiro atoms. The SMILES string of the molecule is CN=C(NCCc1ccc(C(C)(C)C)cc1)NCC(C)N1CCN(C)CC1. The molecule has 2 N–H and O–H groups in total. The van der Waals surface area contributed by atoms with Crippen LogP contribution >= 0.6 is 0 Å². The Morgan fingerprint density at radius 3 is 2.26 bits per heavy atom. The second-order valence-corrected chi connectivity index (χ2v) is 8.77. The third-order valence-electron chi connectivity index (χ3n) is 5.48. The van der Waals surface area contributed by atoms with Gasteiger partial charge in [-0.2, -0.15) is 0 Å². The molecule has 1 aliphatic rings. The van der Waals surface area contributed by atoms with Gasteiger partial charge in [-0.1, -0.05) is 45.0 Å². The Morgan fingerprint density at radius 1 is 1.07 bits per heavy atom. The van der Waals surface area contributed by atoms with E-state index in [1.54, 1.807) is 0 Å². The van der Waals surface area contributed by atoms with Crippen molar-refractivity contribution in [2.45, 2.75) is 45.6 Å². The minimum atomic E-state index is 0.212. The Kier molecular flexibility index (Phi) is 8.11. The summed E-state index contributed by atoms with van der Waals surface area (Å²) in [6.07, 6.45) is 0.999. The molecule has 1 aliphatic heterocycles. The summed E-state index contributed by atoms with van der Waals surface area (Å²) in [6, 6.07) is 9.50. The van der Waals surface area contributed by atoms with E-state index in [2.05, 4.69) is 84.4 Å². The number of nitrogens with one attached hydrogen (secondary N) is 2. The van der Waals surface area contributed by atoms with Gasteiger partial charge in [0.1, 0.15) is 0 Å². The number of hydrogen-bond donors (Lipinski definition) is 2. The van der Waals surface area contributed by atoms with Crippen LogP contribution in [0.4, 0.5) is 0 Å². The largest absolute Gasteiger partial charge is 0.356 e. The fraction of sp³-hybridized carbons (Fsp3) is 0.682.